The Labute approximate surface area is 118 Å². The number of aromatic nitrogens is 1. The maximum atomic E-state index is 11.0. The van der Waals surface area contributed by atoms with E-state index in [1.807, 2.05) is 13.8 Å². The Morgan fingerprint density at radius 3 is 2.50 bits per heavy atom. The van der Waals surface area contributed by atoms with Crippen LogP contribution in [0.1, 0.15) is 35.8 Å². The highest BCUT2D eigenvalue weighted by molar-refractivity contribution is 7.88. The first kappa shape index (κ1) is 16.4. The molecule has 112 valence electrons. The van der Waals surface area contributed by atoms with Gasteiger partial charge in [-0.3, -0.25) is 0 Å². The fourth-order valence-corrected chi connectivity index (χ4v) is 1.96. The van der Waals surface area contributed by atoms with Gasteiger partial charge in [-0.25, -0.2) is 22.9 Å². The minimum absolute atomic E-state index is 0.101. The second kappa shape index (κ2) is 6.67. The molecule has 0 atom stereocenters. The highest BCUT2D eigenvalue weighted by Crippen LogP contribution is 2.17. The average Bonchev–Trinajstić information content (AvgIpc) is 2.33. The van der Waals surface area contributed by atoms with Crippen LogP contribution in [0.5, 0.6) is 0 Å². The fraction of sp³-hybridized carbons (Fsp3) is 0.500. The van der Waals surface area contributed by atoms with Gasteiger partial charge in [-0.15, -0.1) is 0 Å². The molecular weight excluding hydrogens is 282 g/mol. The molecule has 7 nitrogen and oxygen atoms in total. The lowest BCUT2D eigenvalue weighted by Crippen LogP contribution is -2.27. The topological polar surface area (TPSA) is 108 Å². The average molecular weight is 301 g/mol. The molecule has 0 fully saturated rings. The third-order valence-corrected chi connectivity index (χ3v) is 3.21. The van der Waals surface area contributed by atoms with Gasteiger partial charge in [0.15, 0.2) is 0 Å². The highest BCUT2D eigenvalue weighted by Gasteiger charge is 2.10. The molecule has 0 aliphatic carbocycles. The van der Waals surface area contributed by atoms with E-state index >= 15 is 0 Å². The first-order valence-electron chi connectivity index (χ1n) is 6.13. The molecule has 1 aromatic rings. The Kier molecular flexibility index (Phi) is 5.46. The highest BCUT2D eigenvalue weighted by atomic mass is 32.2. The summed E-state index contributed by atoms with van der Waals surface area (Å²) >= 11 is 0. The molecule has 0 aliphatic rings. The fourth-order valence-electron chi connectivity index (χ4n) is 1.49. The van der Waals surface area contributed by atoms with Gasteiger partial charge in [0.2, 0.25) is 10.0 Å². The maximum absolute atomic E-state index is 11.0. The van der Waals surface area contributed by atoms with Crippen LogP contribution in [0, 0.1) is 0 Å². The number of pyridine rings is 1. The smallest absolute Gasteiger partial charge is 0.335 e. The van der Waals surface area contributed by atoms with Crippen molar-refractivity contribution in [1.82, 2.24) is 9.71 Å². The van der Waals surface area contributed by atoms with E-state index in [0.29, 0.717) is 18.1 Å². The molecule has 0 radical (unpaired) electrons. The van der Waals surface area contributed by atoms with Gasteiger partial charge in [-0.1, -0.05) is 13.8 Å². The molecular formula is C12H19N3O4S. The van der Waals surface area contributed by atoms with Crippen molar-refractivity contribution >= 4 is 21.8 Å². The number of rotatable bonds is 7. The molecule has 0 aliphatic heterocycles. The number of anilines is 1. The third-order valence-electron chi connectivity index (χ3n) is 2.48. The van der Waals surface area contributed by atoms with Crippen LogP contribution in [0.15, 0.2) is 12.1 Å². The van der Waals surface area contributed by atoms with Crippen LogP contribution < -0.4 is 10.0 Å². The van der Waals surface area contributed by atoms with E-state index in [4.69, 9.17) is 5.11 Å². The minimum atomic E-state index is -3.23. The summed E-state index contributed by atoms with van der Waals surface area (Å²) in [5.74, 6) is -0.500. The molecule has 0 amide bonds. The van der Waals surface area contributed by atoms with Crippen molar-refractivity contribution in [3.8, 4) is 0 Å². The second-order valence-electron chi connectivity index (χ2n) is 4.72. The van der Waals surface area contributed by atoms with Crippen LogP contribution in [0.2, 0.25) is 0 Å². The lowest BCUT2D eigenvalue weighted by Gasteiger charge is -2.11. The number of nitrogens with one attached hydrogen (secondary N) is 2. The van der Waals surface area contributed by atoms with Gasteiger partial charge in [0.25, 0.3) is 0 Å². The van der Waals surface area contributed by atoms with Crippen LogP contribution in [-0.2, 0) is 10.0 Å². The first-order chi connectivity index (χ1) is 9.19. The van der Waals surface area contributed by atoms with Crippen molar-refractivity contribution in [2.75, 3.05) is 24.7 Å². The summed E-state index contributed by atoms with van der Waals surface area (Å²) in [4.78, 5) is 15.3. The molecule has 0 spiro atoms. The summed E-state index contributed by atoms with van der Waals surface area (Å²) in [6.45, 7) is 4.36. The molecule has 0 aromatic carbocycles. The lowest BCUT2D eigenvalue weighted by molar-refractivity contribution is 0.0696. The quantitative estimate of drug-likeness (QED) is 0.645. The van der Waals surface area contributed by atoms with Crippen LogP contribution in [0.25, 0.3) is 0 Å². The number of carboxylic acids is 1. The van der Waals surface area contributed by atoms with E-state index in [9.17, 15) is 13.2 Å². The van der Waals surface area contributed by atoms with E-state index in [2.05, 4.69) is 15.0 Å². The number of sulfonamides is 1. The molecule has 1 rings (SSSR count). The summed E-state index contributed by atoms with van der Waals surface area (Å²) in [5, 5.41) is 12.0. The molecule has 3 N–H and O–H groups in total. The van der Waals surface area contributed by atoms with Crippen LogP contribution in [0.3, 0.4) is 0 Å². The Balaban J connectivity index is 2.76. The largest absolute Gasteiger partial charge is 0.478 e. The zero-order valence-electron chi connectivity index (χ0n) is 11.7. The number of carbonyl (C=O) groups is 1. The van der Waals surface area contributed by atoms with Gasteiger partial charge >= 0.3 is 5.97 Å². The summed E-state index contributed by atoms with van der Waals surface area (Å²) in [7, 11) is -3.23. The number of nitrogens with zero attached hydrogens (tertiary/aromatic N) is 1. The Bertz CT molecular complexity index is 584. The van der Waals surface area contributed by atoms with Crippen molar-refractivity contribution < 1.29 is 18.3 Å². The Morgan fingerprint density at radius 2 is 2.00 bits per heavy atom. The third kappa shape index (κ3) is 5.54. The van der Waals surface area contributed by atoms with Crippen molar-refractivity contribution in [3.63, 3.8) is 0 Å². The zero-order valence-corrected chi connectivity index (χ0v) is 12.5. The summed E-state index contributed by atoms with van der Waals surface area (Å²) in [6, 6.07) is 2.96. The maximum Gasteiger partial charge on any atom is 0.335 e. The summed E-state index contributed by atoms with van der Waals surface area (Å²) in [5.41, 5.74) is 0.825. The van der Waals surface area contributed by atoms with E-state index in [-0.39, 0.29) is 18.0 Å². The number of aromatic carboxylic acids is 1. The van der Waals surface area contributed by atoms with Gasteiger partial charge in [0.05, 0.1) is 11.8 Å². The van der Waals surface area contributed by atoms with Crippen LogP contribution in [-0.4, -0.2) is 43.8 Å². The van der Waals surface area contributed by atoms with Crippen LogP contribution >= 0.6 is 0 Å². The Hall–Kier alpha value is -1.67. The van der Waals surface area contributed by atoms with E-state index < -0.39 is 16.0 Å². The van der Waals surface area contributed by atoms with Gasteiger partial charge < -0.3 is 10.4 Å². The van der Waals surface area contributed by atoms with E-state index in [1.54, 1.807) is 0 Å². The predicted molar refractivity (Wildman–Crippen MR) is 76.6 cm³/mol. The first-order valence-corrected chi connectivity index (χ1v) is 8.02. The van der Waals surface area contributed by atoms with Crippen LogP contribution in [0.4, 0.5) is 5.82 Å². The van der Waals surface area contributed by atoms with E-state index in [1.165, 1.54) is 12.1 Å². The number of carboxylic acid groups (broad SMARTS) is 1. The molecule has 1 heterocycles. The lowest BCUT2D eigenvalue weighted by atomic mass is 10.1. The SMILES string of the molecule is CC(C)c1cc(C(=O)O)cc(NCCNS(C)(=O)=O)n1. The normalized spacial score (nSPS) is 11.6. The number of hydrogen-bond donors (Lipinski definition) is 3. The molecule has 0 unspecified atom stereocenters. The zero-order chi connectivity index (χ0) is 15.3. The Morgan fingerprint density at radius 1 is 1.35 bits per heavy atom. The molecule has 1 aromatic heterocycles. The molecule has 0 saturated carbocycles. The van der Waals surface area contributed by atoms with Crippen molar-refractivity contribution in [2.45, 2.75) is 19.8 Å². The van der Waals surface area contributed by atoms with Gasteiger partial charge in [-0.05, 0) is 18.1 Å². The standard InChI is InChI=1S/C12H19N3O4S/c1-8(2)10-6-9(12(16)17)7-11(15-10)13-4-5-14-20(3,18)19/h6-8,14H,4-5H2,1-3H3,(H,13,15)(H,16,17). The molecule has 0 saturated heterocycles. The minimum Gasteiger partial charge on any atom is -0.478 e. The van der Waals surface area contributed by atoms with Crippen molar-refractivity contribution in [2.24, 2.45) is 0 Å². The van der Waals surface area contributed by atoms with Gasteiger partial charge in [-0.2, -0.15) is 0 Å². The molecule has 20 heavy (non-hydrogen) atoms. The predicted octanol–water partition coefficient (Wildman–Crippen LogP) is 0.864. The van der Waals surface area contributed by atoms with Gasteiger partial charge in [0.1, 0.15) is 5.82 Å². The number of hydrogen-bond acceptors (Lipinski definition) is 5. The van der Waals surface area contributed by atoms with Crippen molar-refractivity contribution in [3.05, 3.63) is 23.4 Å². The summed E-state index contributed by atoms with van der Waals surface area (Å²) in [6.07, 6.45) is 1.08. The second-order valence-corrected chi connectivity index (χ2v) is 6.55. The van der Waals surface area contributed by atoms with E-state index in [0.717, 1.165) is 6.26 Å². The molecule has 8 heteroatoms. The van der Waals surface area contributed by atoms with Crippen molar-refractivity contribution in [1.29, 1.82) is 0 Å². The summed E-state index contributed by atoms with van der Waals surface area (Å²) < 4.78 is 24.1. The van der Waals surface area contributed by atoms with Gasteiger partial charge in [0, 0.05) is 18.8 Å². The molecule has 0 bridgehead atoms. The monoisotopic (exact) mass is 301 g/mol.